The van der Waals surface area contributed by atoms with Gasteiger partial charge in [-0.05, 0) is 12.5 Å². The lowest BCUT2D eigenvalue weighted by Gasteiger charge is -2.31. The molecule has 3 rings (SSSR count). The molecule has 122 valence electrons. The van der Waals surface area contributed by atoms with Crippen LogP contribution in [0.1, 0.15) is 34.1 Å². The van der Waals surface area contributed by atoms with Crippen molar-refractivity contribution < 1.29 is 14.3 Å². The topological polar surface area (TPSA) is 51.7 Å². The predicted octanol–water partition coefficient (Wildman–Crippen LogP) is 2.89. The molecule has 1 aromatic carbocycles. The lowest BCUT2D eigenvalue weighted by molar-refractivity contribution is -0.0330. The highest BCUT2D eigenvalue weighted by molar-refractivity contribution is 7.09. The average molecular weight is 332 g/mol. The van der Waals surface area contributed by atoms with Crippen molar-refractivity contribution in [1.29, 1.82) is 0 Å². The van der Waals surface area contributed by atoms with E-state index in [4.69, 9.17) is 9.47 Å². The third-order valence-electron chi connectivity index (χ3n) is 3.68. The van der Waals surface area contributed by atoms with Crippen molar-refractivity contribution >= 4 is 17.3 Å². The minimum atomic E-state index is -0.369. The van der Waals surface area contributed by atoms with Crippen LogP contribution in [-0.4, -0.2) is 42.2 Å². The van der Waals surface area contributed by atoms with E-state index in [2.05, 4.69) is 34.1 Å². The van der Waals surface area contributed by atoms with Crippen LogP contribution >= 0.6 is 11.3 Å². The number of hydrogen-bond acceptors (Lipinski definition) is 6. The van der Waals surface area contributed by atoms with E-state index in [1.54, 1.807) is 12.3 Å². The largest absolute Gasteiger partial charge is 0.461 e. The molecule has 0 saturated carbocycles. The number of rotatable bonds is 5. The van der Waals surface area contributed by atoms with Crippen LogP contribution in [0.5, 0.6) is 0 Å². The number of morpholine rings is 1. The highest BCUT2D eigenvalue weighted by atomic mass is 32.1. The monoisotopic (exact) mass is 332 g/mol. The summed E-state index contributed by atoms with van der Waals surface area (Å²) < 4.78 is 10.8. The van der Waals surface area contributed by atoms with E-state index >= 15 is 0 Å². The molecule has 6 heteroatoms. The fraction of sp³-hybridized carbons (Fsp3) is 0.412. The van der Waals surface area contributed by atoms with Gasteiger partial charge >= 0.3 is 5.97 Å². The number of thiazole rings is 1. The zero-order valence-corrected chi connectivity index (χ0v) is 13.9. The molecule has 2 aromatic rings. The maximum Gasteiger partial charge on any atom is 0.357 e. The molecule has 23 heavy (non-hydrogen) atoms. The normalized spacial score (nSPS) is 18.7. The van der Waals surface area contributed by atoms with Crippen LogP contribution in [0, 0.1) is 0 Å². The van der Waals surface area contributed by atoms with Crippen molar-refractivity contribution in [2.45, 2.75) is 19.6 Å². The quantitative estimate of drug-likeness (QED) is 0.788. The van der Waals surface area contributed by atoms with E-state index in [0.717, 1.165) is 24.6 Å². The van der Waals surface area contributed by atoms with Crippen LogP contribution in [-0.2, 0) is 16.0 Å². The van der Waals surface area contributed by atoms with Gasteiger partial charge in [-0.15, -0.1) is 11.3 Å². The molecule has 1 aliphatic rings. The minimum absolute atomic E-state index is 0.0827. The highest BCUT2D eigenvalue weighted by Gasteiger charge is 2.25. The van der Waals surface area contributed by atoms with Crippen molar-refractivity contribution in [2.75, 3.05) is 26.3 Å². The maximum absolute atomic E-state index is 11.7. The maximum atomic E-state index is 11.7. The number of benzene rings is 1. The van der Waals surface area contributed by atoms with Crippen LogP contribution in [0.2, 0.25) is 0 Å². The molecule has 0 radical (unpaired) electrons. The molecule has 1 saturated heterocycles. The predicted molar refractivity (Wildman–Crippen MR) is 88.5 cm³/mol. The summed E-state index contributed by atoms with van der Waals surface area (Å²) in [7, 11) is 0. The highest BCUT2D eigenvalue weighted by Crippen LogP contribution is 2.26. The Morgan fingerprint density at radius 1 is 1.43 bits per heavy atom. The van der Waals surface area contributed by atoms with Gasteiger partial charge in [-0.1, -0.05) is 30.3 Å². The van der Waals surface area contributed by atoms with Crippen molar-refractivity contribution in [3.63, 3.8) is 0 Å². The number of ether oxygens (including phenoxy) is 2. The first-order valence-electron chi connectivity index (χ1n) is 7.76. The second-order valence-corrected chi connectivity index (χ2v) is 6.26. The number of aromatic nitrogens is 1. The van der Waals surface area contributed by atoms with Crippen LogP contribution in [0.15, 0.2) is 35.7 Å². The summed E-state index contributed by atoms with van der Waals surface area (Å²) in [5.74, 6) is -0.369. The number of nitrogens with zero attached hydrogens (tertiary/aromatic N) is 2. The molecule has 2 heterocycles. The summed E-state index contributed by atoms with van der Waals surface area (Å²) in [6.07, 6.45) is -0.0827. The van der Waals surface area contributed by atoms with Gasteiger partial charge in [-0.2, -0.15) is 0 Å². The number of carbonyl (C=O) groups is 1. The third kappa shape index (κ3) is 4.16. The summed E-state index contributed by atoms with van der Waals surface area (Å²) in [5, 5.41) is 2.58. The Hall–Kier alpha value is -1.76. The summed E-state index contributed by atoms with van der Waals surface area (Å²) in [6, 6.07) is 10.4. The van der Waals surface area contributed by atoms with Crippen LogP contribution < -0.4 is 0 Å². The first-order valence-corrected chi connectivity index (χ1v) is 8.64. The van der Waals surface area contributed by atoms with Gasteiger partial charge in [-0.3, -0.25) is 4.90 Å². The third-order valence-corrected chi connectivity index (χ3v) is 4.62. The summed E-state index contributed by atoms with van der Waals surface area (Å²) in [5.41, 5.74) is 1.66. The van der Waals surface area contributed by atoms with Gasteiger partial charge in [0.2, 0.25) is 0 Å². The molecule has 0 N–H and O–H groups in total. The standard InChI is InChI=1S/C17H20N2O3S/c1-2-21-17(20)14-12-23-16(18-14)15-11-19(8-9-22-15)10-13-6-4-3-5-7-13/h3-7,12,15H,2,8-11H2,1H3/t15-/m1/s1. The zero-order valence-electron chi connectivity index (χ0n) is 13.1. The molecule has 5 nitrogen and oxygen atoms in total. The van der Waals surface area contributed by atoms with Gasteiger partial charge in [0.05, 0.1) is 13.2 Å². The van der Waals surface area contributed by atoms with Crippen molar-refractivity contribution in [1.82, 2.24) is 9.88 Å². The zero-order chi connectivity index (χ0) is 16.1. The average Bonchev–Trinajstić information content (AvgIpc) is 3.06. The van der Waals surface area contributed by atoms with E-state index in [0.29, 0.717) is 18.9 Å². The molecule has 0 unspecified atom stereocenters. The second kappa shape index (κ2) is 7.68. The lowest BCUT2D eigenvalue weighted by atomic mass is 10.2. The number of carbonyl (C=O) groups excluding carboxylic acids is 1. The van der Waals surface area contributed by atoms with Gasteiger partial charge in [0.15, 0.2) is 5.69 Å². The van der Waals surface area contributed by atoms with E-state index in [9.17, 15) is 4.79 Å². The molecule has 1 atom stereocenters. The molecular weight excluding hydrogens is 312 g/mol. The molecule has 1 fully saturated rings. The Labute approximate surface area is 139 Å². The van der Waals surface area contributed by atoms with Gasteiger partial charge in [0.1, 0.15) is 11.1 Å². The fourth-order valence-corrected chi connectivity index (χ4v) is 3.40. The minimum Gasteiger partial charge on any atom is -0.461 e. The molecule has 1 aromatic heterocycles. The van der Waals surface area contributed by atoms with Gasteiger partial charge < -0.3 is 9.47 Å². The van der Waals surface area contributed by atoms with Crippen LogP contribution in [0.25, 0.3) is 0 Å². The molecule has 1 aliphatic heterocycles. The summed E-state index contributed by atoms with van der Waals surface area (Å²) in [4.78, 5) is 18.5. The van der Waals surface area contributed by atoms with Crippen LogP contribution in [0.4, 0.5) is 0 Å². The first kappa shape index (κ1) is 16.1. The lowest BCUT2D eigenvalue weighted by Crippen LogP contribution is -2.37. The molecular formula is C17H20N2O3S. The van der Waals surface area contributed by atoms with Gasteiger partial charge in [-0.25, -0.2) is 9.78 Å². The first-order chi connectivity index (χ1) is 11.3. The molecule has 0 bridgehead atoms. The van der Waals surface area contributed by atoms with Crippen molar-refractivity contribution in [3.05, 3.63) is 52.0 Å². The van der Waals surface area contributed by atoms with E-state index in [-0.39, 0.29) is 12.1 Å². The van der Waals surface area contributed by atoms with E-state index in [1.807, 2.05) is 6.07 Å². The Bertz CT molecular complexity index is 644. The van der Waals surface area contributed by atoms with Crippen molar-refractivity contribution in [3.8, 4) is 0 Å². The van der Waals surface area contributed by atoms with Gasteiger partial charge in [0.25, 0.3) is 0 Å². The Morgan fingerprint density at radius 2 is 2.26 bits per heavy atom. The Balaban J connectivity index is 1.63. The molecule has 0 spiro atoms. The summed E-state index contributed by atoms with van der Waals surface area (Å²) in [6.45, 7) is 5.40. The number of hydrogen-bond donors (Lipinski definition) is 0. The second-order valence-electron chi connectivity index (χ2n) is 5.37. The molecule has 0 amide bonds. The smallest absolute Gasteiger partial charge is 0.357 e. The SMILES string of the molecule is CCOC(=O)c1csc([C@H]2CN(Cc3ccccc3)CCO2)n1. The van der Waals surface area contributed by atoms with E-state index < -0.39 is 0 Å². The Kier molecular flexibility index (Phi) is 5.38. The van der Waals surface area contributed by atoms with Gasteiger partial charge in [0, 0.05) is 25.0 Å². The summed E-state index contributed by atoms with van der Waals surface area (Å²) >= 11 is 1.45. The van der Waals surface area contributed by atoms with Crippen LogP contribution in [0.3, 0.4) is 0 Å². The Morgan fingerprint density at radius 3 is 3.04 bits per heavy atom. The number of esters is 1. The van der Waals surface area contributed by atoms with E-state index in [1.165, 1.54) is 16.9 Å². The molecule has 0 aliphatic carbocycles. The van der Waals surface area contributed by atoms with Crippen molar-refractivity contribution in [2.24, 2.45) is 0 Å². The fourth-order valence-electron chi connectivity index (χ4n) is 2.57.